The summed E-state index contributed by atoms with van der Waals surface area (Å²) in [6.45, 7) is 4.24. The molecule has 1 aliphatic carbocycles. The second-order valence-corrected chi connectivity index (χ2v) is 5.31. The van der Waals surface area contributed by atoms with Crippen molar-refractivity contribution >= 4 is 0 Å². The van der Waals surface area contributed by atoms with Gasteiger partial charge in [0.05, 0.1) is 6.61 Å². The highest BCUT2D eigenvalue weighted by molar-refractivity contribution is 5.45. The molecule has 0 saturated heterocycles. The fourth-order valence-electron chi connectivity index (χ4n) is 2.81. The molecule has 3 heteroatoms. The van der Waals surface area contributed by atoms with Crippen LogP contribution in [0.5, 0.6) is 11.5 Å². The molecule has 19 heavy (non-hydrogen) atoms. The predicted octanol–water partition coefficient (Wildman–Crippen LogP) is 3.46. The Bertz CT molecular complexity index is 386. The van der Waals surface area contributed by atoms with Crippen LogP contribution >= 0.6 is 0 Å². The number of phenols is 1. The van der Waals surface area contributed by atoms with Gasteiger partial charge in [-0.05, 0) is 31.9 Å². The minimum atomic E-state index is 0.276. The summed E-state index contributed by atoms with van der Waals surface area (Å²) in [5.41, 5.74) is 0.914. The average Bonchev–Trinajstić information content (AvgIpc) is 2.92. The van der Waals surface area contributed by atoms with E-state index in [0.29, 0.717) is 18.9 Å². The van der Waals surface area contributed by atoms with Crippen LogP contribution in [0.1, 0.15) is 44.6 Å². The summed E-state index contributed by atoms with van der Waals surface area (Å²) >= 11 is 0. The van der Waals surface area contributed by atoms with Crippen LogP contribution in [-0.2, 0) is 6.54 Å². The zero-order valence-corrected chi connectivity index (χ0v) is 11.8. The topological polar surface area (TPSA) is 41.5 Å². The molecule has 0 spiro atoms. The van der Waals surface area contributed by atoms with Gasteiger partial charge in [-0.1, -0.05) is 37.8 Å². The Labute approximate surface area is 116 Å². The maximum atomic E-state index is 10.1. The third-order valence-electron chi connectivity index (χ3n) is 3.90. The molecule has 0 unspecified atom stereocenters. The molecule has 1 saturated carbocycles. The smallest absolute Gasteiger partial charge is 0.162 e. The van der Waals surface area contributed by atoms with Gasteiger partial charge >= 0.3 is 0 Å². The number of nitrogens with one attached hydrogen (secondary N) is 1. The average molecular weight is 263 g/mol. The zero-order chi connectivity index (χ0) is 13.5. The van der Waals surface area contributed by atoms with E-state index in [1.807, 2.05) is 19.1 Å². The van der Waals surface area contributed by atoms with E-state index >= 15 is 0 Å². The standard InChI is InChI=1S/C16H25NO2/c1-2-19-15-9-5-8-14(16(15)18)12-17-11-10-13-6-3-4-7-13/h5,8-9,13,17-18H,2-4,6-7,10-12H2,1H3. The normalized spacial score (nSPS) is 15.8. The highest BCUT2D eigenvalue weighted by atomic mass is 16.5. The number of hydrogen-bond acceptors (Lipinski definition) is 3. The van der Waals surface area contributed by atoms with Crippen LogP contribution < -0.4 is 10.1 Å². The lowest BCUT2D eigenvalue weighted by molar-refractivity contribution is 0.316. The molecule has 0 amide bonds. The fraction of sp³-hybridized carbons (Fsp3) is 0.625. The first-order valence-corrected chi connectivity index (χ1v) is 7.45. The molecule has 1 fully saturated rings. The lowest BCUT2D eigenvalue weighted by atomic mass is 10.0. The maximum absolute atomic E-state index is 10.1. The molecule has 0 heterocycles. The predicted molar refractivity (Wildman–Crippen MR) is 77.6 cm³/mol. The van der Waals surface area contributed by atoms with Crippen LogP contribution in [0, 0.1) is 5.92 Å². The molecule has 3 nitrogen and oxygen atoms in total. The summed E-state index contributed by atoms with van der Waals surface area (Å²) in [6.07, 6.45) is 6.86. The van der Waals surface area contributed by atoms with Gasteiger partial charge in [0.2, 0.25) is 0 Å². The van der Waals surface area contributed by atoms with Crippen molar-refractivity contribution in [3.63, 3.8) is 0 Å². The van der Waals surface area contributed by atoms with E-state index in [4.69, 9.17) is 4.74 Å². The number of phenolic OH excluding ortho intramolecular Hbond substituents is 1. The van der Waals surface area contributed by atoms with Gasteiger partial charge in [0.1, 0.15) is 0 Å². The van der Waals surface area contributed by atoms with Crippen LogP contribution in [0.3, 0.4) is 0 Å². The highest BCUT2D eigenvalue weighted by Gasteiger charge is 2.14. The van der Waals surface area contributed by atoms with Crippen molar-refractivity contribution in [3.8, 4) is 11.5 Å². The van der Waals surface area contributed by atoms with E-state index < -0.39 is 0 Å². The molecular formula is C16H25NO2. The van der Waals surface area contributed by atoms with Crippen molar-refractivity contribution in [2.75, 3.05) is 13.2 Å². The quantitative estimate of drug-likeness (QED) is 0.740. The second-order valence-electron chi connectivity index (χ2n) is 5.31. The van der Waals surface area contributed by atoms with Crippen LogP contribution in [0.2, 0.25) is 0 Å². The van der Waals surface area contributed by atoms with Crippen LogP contribution in [0.25, 0.3) is 0 Å². The van der Waals surface area contributed by atoms with Crippen molar-refractivity contribution in [3.05, 3.63) is 23.8 Å². The third kappa shape index (κ3) is 4.13. The van der Waals surface area contributed by atoms with Crippen molar-refractivity contribution in [2.24, 2.45) is 5.92 Å². The molecule has 2 rings (SSSR count). The largest absolute Gasteiger partial charge is 0.504 e. The molecule has 1 aliphatic rings. The molecule has 2 N–H and O–H groups in total. The Kier molecular flexibility index (Phi) is 5.52. The molecule has 0 atom stereocenters. The van der Waals surface area contributed by atoms with Crippen LogP contribution in [0.4, 0.5) is 0 Å². The van der Waals surface area contributed by atoms with Gasteiger partial charge in [-0.3, -0.25) is 0 Å². The molecule has 0 radical (unpaired) electrons. The van der Waals surface area contributed by atoms with Crippen molar-refractivity contribution in [1.82, 2.24) is 5.32 Å². The summed E-state index contributed by atoms with van der Waals surface area (Å²) in [6, 6.07) is 5.68. The number of hydrogen-bond donors (Lipinski definition) is 2. The van der Waals surface area contributed by atoms with Gasteiger partial charge in [0.15, 0.2) is 11.5 Å². The van der Waals surface area contributed by atoms with Crippen molar-refractivity contribution in [1.29, 1.82) is 0 Å². The van der Waals surface area contributed by atoms with Gasteiger partial charge in [0.25, 0.3) is 0 Å². The Morgan fingerprint density at radius 3 is 2.84 bits per heavy atom. The Balaban J connectivity index is 1.77. The van der Waals surface area contributed by atoms with Crippen LogP contribution in [0.15, 0.2) is 18.2 Å². The number of aromatic hydroxyl groups is 1. The van der Waals surface area contributed by atoms with Gasteiger partial charge in [-0.15, -0.1) is 0 Å². The first-order chi connectivity index (χ1) is 9.31. The Morgan fingerprint density at radius 1 is 1.32 bits per heavy atom. The Morgan fingerprint density at radius 2 is 2.11 bits per heavy atom. The summed E-state index contributed by atoms with van der Waals surface area (Å²) < 4.78 is 5.39. The van der Waals surface area contributed by atoms with Gasteiger partial charge in [-0.2, -0.15) is 0 Å². The highest BCUT2D eigenvalue weighted by Crippen LogP contribution is 2.30. The number of benzene rings is 1. The number of para-hydroxylation sites is 1. The van der Waals surface area contributed by atoms with E-state index in [0.717, 1.165) is 18.0 Å². The van der Waals surface area contributed by atoms with E-state index in [2.05, 4.69) is 5.32 Å². The Hall–Kier alpha value is -1.22. The number of ether oxygens (including phenoxy) is 1. The lowest BCUT2D eigenvalue weighted by Crippen LogP contribution is -2.17. The minimum absolute atomic E-state index is 0.276. The first kappa shape index (κ1) is 14.2. The molecule has 1 aromatic carbocycles. The maximum Gasteiger partial charge on any atom is 0.162 e. The van der Waals surface area contributed by atoms with E-state index in [1.165, 1.54) is 32.1 Å². The lowest BCUT2D eigenvalue weighted by Gasteiger charge is -2.12. The molecule has 106 valence electrons. The van der Waals surface area contributed by atoms with Gasteiger partial charge in [-0.25, -0.2) is 0 Å². The SMILES string of the molecule is CCOc1cccc(CNCCC2CCCC2)c1O. The van der Waals surface area contributed by atoms with E-state index in [-0.39, 0.29) is 5.75 Å². The number of rotatable bonds is 7. The molecule has 0 aliphatic heterocycles. The van der Waals surface area contributed by atoms with E-state index in [1.54, 1.807) is 6.07 Å². The van der Waals surface area contributed by atoms with Gasteiger partial charge < -0.3 is 15.2 Å². The second kappa shape index (κ2) is 7.39. The van der Waals surface area contributed by atoms with Gasteiger partial charge in [0, 0.05) is 12.1 Å². The molecule has 1 aromatic rings. The molecular weight excluding hydrogens is 238 g/mol. The minimum Gasteiger partial charge on any atom is -0.504 e. The van der Waals surface area contributed by atoms with Crippen LogP contribution in [-0.4, -0.2) is 18.3 Å². The summed E-state index contributed by atoms with van der Waals surface area (Å²) in [5.74, 6) is 1.77. The summed E-state index contributed by atoms with van der Waals surface area (Å²) in [5, 5.41) is 13.5. The summed E-state index contributed by atoms with van der Waals surface area (Å²) in [7, 11) is 0. The zero-order valence-electron chi connectivity index (χ0n) is 11.8. The summed E-state index contributed by atoms with van der Waals surface area (Å²) in [4.78, 5) is 0. The molecule has 0 bridgehead atoms. The monoisotopic (exact) mass is 263 g/mol. The molecule has 0 aromatic heterocycles. The van der Waals surface area contributed by atoms with Crippen molar-refractivity contribution < 1.29 is 9.84 Å². The first-order valence-electron chi connectivity index (χ1n) is 7.45. The third-order valence-corrected chi connectivity index (χ3v) is 3.90. The fourth-order valence-corrected chi connectivity index (χ4v) is 2.81. The van der Waals surface area contributed by atoms with Crippen molar-refractivity contribution in [2.45, 2.75) is 45.6 Å². The van der Waals surface area contributed by atoms with E-state index in [9.17, 15) is 5.11 Å².